The Morgan fingerprint density at radius 3 is 0.864 bits per heavy atom. The molecule has 0 aliphatic heterocycles. The van der Waals surface area contributed by atoms with Crippen molar-refractivity contribution < 1.29 is 19.8 Å². The van der Waals surface area contributed by atoms with Crippen LogP contribution in [-0.2, 0) is 9.59 Å². The third-order valence-electron chi connectivity index (χ3n) is 3.05. The van der Waals surface area contributed by atoms with Crippen LogP contribution in [-0.4, -0.2) is 71.2 Å². The molecule has 0 aliphatic rings. The molecule has 0 saturated heterocycles. The van der Waals surface area contributed by atoms with E-state index >= 15 is 0 Å². The standard InChI is InChI=1S/2C6H15N.C4H4O4/c2*1-4-7(5-2)6-3;5-3(6)1-2-4(7)8/h2*4-6H2,1-3H3;1-2H,(H,5,6)(H,7,8)/b;;2-1-. The molecular formula is C16H34N2O4. The highest BCUT2D eigenvalue weighted by atomic mass is 16.4. The molecule has 0 aromatic carbocycles. The van der Waals surface area contributed by atoms with Gasteiger partial charge in [0.25, 0.3) is 0 Å². The van der Waals surface area contributed by atoms with Crippen LogP contribution in [0.15, 0.2) is 12.2 Å². The van der Waals surface area contributed by atoms with Gasteiger partial charge in [-0.25, -0.2) is 9.59 Å². The number of carboxylic acids is 2. The summed E-state index contributed by atoms with van der Waals surface area (Å²) in [5.41, 5.74) is 0. The lowest BCUT2D eigenvalue weighted by Gasteiger charge is -2.13. The van der Waals surface area contributed by atoms with Crippen molar-refractivity contribution in [1.82, 2.24) is 9.80 Å². The van der Waals surface area contributed by atoms with Crippen molar-refractivity contribution in [3.8, 4) is 0 Å². The van der Waals surface area contributed by atoms with E-state index in [2.05, 4.69) is 51.3 Å². The third-order valence-corrected chi connectivity index (χ3v) is 3.05. The molecule has 2 N–H and O–H groups in total. The summed E-state index contributed by atoms with van der Waals surface area (Å²) in [6, 6.07) is 0. The zero-order valence-electron chi connectivity index (χ0n) is 15.0. The SMILES string of the molecule is CCN(CC)CC.CCN(CC)CC.O=C(O)/C=C\C(=O)O. The average molecular weight is 318 g/mol. The van der Waals surface area contributed by atoms with Crippen LogP contribution in [0, 0.1) is 0 Å². The van der Waals surface area contributed by atoms with Gasteiger partial charge in [-0.15, -0.1) is 0 Å². The fourth-order valence-electron chi connectivity index (χ4n) is 1.48. The number of rotatable bonds is 8. The second-order valence-corrected chi connectivity index (χ2v) is 4.25. The molecule has 0 aromatic heterocycles. The van der Waals surface area contributed by atoms with Gasteiger partial charge < -0.3 is 20.0 Å². The average Bonchev–Trinajstić information content (AvgIpc) is 2.50. The van der Waals surface area contributed by atoms with Crippen molar-refractivity contribution in [3.63, 3.8) is 0 Å². The van der Waals surface area contributed by atoms with Crippen molar-refractivity contribution >= 4 is 11.9 Å². The maximum absolute atomic E-state index is 9.55. The molecule has 22 heavy (non-hydrogen) atoms. The van der Waals surface area contributed by atoms with E-state index in [-0.39, 0.29) is 0 Å². The van der Waals surface area contributed by atoms with Crippen molar-refractivity contribution in [3.05, 3.63) is 12.2 Å². The minimum absolute atomic E-state index is 0.558. The highest BCUT2D eigenvalue weighted by molar-refractivity contribution is 5.89. The zero-order chi connectivity index (χ0) is 18.0. The minimum Gasteiger partial charge on any atom is -0.478 e. The molecule has 0 saturated carbocycles. The fourth-order valence-corrected chi connectivity index (χ4v) is 1.48. The van der Waals surface area contributed by atoms with Gasteiger partial charge in [-0.1, -0.05) is 41.5 Å². The van der Waals surface area contributed by atoms with E-state index in [0.717, 1.165) is 0 Å². The van der Waals surface area contributed by atoms with Crippen LogP contribution in [0.25, 0.3) is 0 Å². The van der Waals surface area contributed by atoms with Crippen LogP contribution < -0.4 is 0 Å². The van der Waals surface area contributed by atoms with E-state index in [1.807, 2.05) is 0 Å². The summed E-state index contributed by atoms with van der Waals surface area (Å²) in [5, 5.41) is 15.6. The molecule has 0 unspecified atom stereocenters. The summed E-state index contributed by atoms with van der Waals surface area (Å²) in [6.07, 6.45) is 1.12. The fraction of sp³-hybridized carbons (Fsp3) is 0.750. The number of hydrogen-bond acceptors (Lipinski definition) is 4. The summed E-state index contributed by atoms with van der Waals surface area (Å²) >= 11 is 0. The van der Waals surface area contributed by atoms with Gasteiger partial charge in [-0.05, 0) is 39.3 Å². The molecule has 0 amide bonds. The van der Waals surface area contributed by atoms with Gasteiger partial charge in [0.1, 0.15) is 0 Å². The van der Waals surface area contributed by atoms with Crippen molar-refractivity contribution in [2.24, 2.45) is 0 Å². The normalized spacial score (nSPS) is 10.0. The van der Waals surface area contributed by atoms with E-state index in [1.165, 1.54) is 39.3 Å². The summed E-state index contributed by atoms with van der Waals surface area (Å²) in [7, 11) is 0. The second kappa shape index (κ2) is 19.6. The van der Waals surface area contributed by atoms with Crippen LogP contribution in [0.3, 0.4) is 0 Å². The van der Waals surface area contributed by atoms with E-state index in [0.29, 0.717) is 12.2 Å². The Kier molecular flexibility index (Phi) is 22.8. The molecular weight excluding hydrogens is 284 g/mol. The lowest BCUT2D eigenvalue weighted by Crippen LogP contribution is -2.21. The predicted octanol–water partition coefficient (Wildman–Crippen LogP) is 2.41. The third kappa shape index (κ3) is 23.7. The lowest BCUT2D eigenvalue weighted by molar-refractivity contribution is -0.134. The van der Waals surface area contributed by atoms with Crippen molar-refractivity contribution in [1.29, 1.82) is 0 Å². The van der Waals surface area contributed by atoms with Crippen LogP contribution in [0.2, 0.25) is 0 Å². The van der Waals surface area contributed by atoms with Crippen molar-refractivity contribution in [2.45, 2.75) is 41.5 Å². The van der Waals surface area contributed by atoms with Crippen LogP contribution in [0.4, 0.5) is 0 Å². The Morgan fingerprint density at radius 2 is 0.818 bits per heavy atom. The first-order valence-corrected chi connectivity index (χ1v) is 7.91. The van der Waals surface area contributed by atoms with Crippen LogP contribution in [0.5, 0.6) is 0 Å². The molecule has 6 nitrogen and oxygen atoms in total. The van der Waals surface area contributed by atoms with Gasteiger partial charge in [0, 0.05) is 12.2 Å². The van der Waals surface area contributed by atoms with Gasteiger partial charge in [0.05, 0.1) is 0 Å². The highest BCUT2D eigenvalue weighted by Gasteiger charge is 1.90. The molecule has 0 rings (SSSR count). The number of aliphatic carboxylic acids is 2. The Bertz CT molecular complexity index is 247. The Labute approximate surface area is 135 Å². The van der Waals surface area contributed by atoms with Gasteiger partial charge >= 0.3 is 11.9 Å². The van der Waals surface area contributed by atoms with Gasteiger partial charge in [-0.2, -0.15) is 0 Å². The van der Waals surface area contributed by atoms with E-state index in [4.69, 9.17) is 10.2 Å². The highest BCUT2D eigenvalue weighted by Crippen LogP contribution is 1.82. The molecule has 0 fully saturated rings. The van der Waals surface area contributed by atoms with Gasteiger partial charge in [-0.3, -0.25) is 0 Å². The first-order chi connectivity index (χ1) is 10.3. The summed E-state index contributed by atoms with van der Waals surface area (Å²) < 4.78 is 0. The molecule has 6 heteroatoms. The zero-order valence-corrected chi connectivity index (χ0v) is 15.0. The molecule has 0 bridgehead atoms. The maximum atomic E-state index is 9.55. The minimum atomic E-state index is -1.26. The van der Waals surface area contributed by atoms with Gasteiger partial charge in [0.2, 0.25) is 0 Å². The monoisotopic (exact) mass is 318 g/mol. The van der Waals surface area contributed by atoms with Gasteiger partial charge in [0.15, 0.2) is 0 Å². The number of carbonyl (C=O) groups is 2. The quantitative estimate of drug-likeness (QED) is 0.669. The lowest BCUT2D eigenvalue weighted by atomic mass is 10.5. The molecule has 0 atom stereocenters. The number of nitrogens with zero attached hydrogens (tertiary/aromatic N) is 2. The molecule has 0 spiro atoms. The Hall–Kier alpha value is -1.40. The van der Waals surface area contributed by atoms with Crippen LogP contribution >= 0.6 is 0 Å². The molecule has 0 radical (unpaired) electrons. The number of carboxylic acid groups (broad SMARTS) is 2. The molecule has 0 aliphatic carbocycles. The molecule has 0 aromatic rings. The Balaban J connectivity index is -0.000000247. The first kappa shape index (κ1) is 25.5. The smallest absolute Gasteiger partial charge is 0.328 e. The molecule has 0 heterocycles. The van der Waals surface area contributed by atoms with E-state index in [1.54, 1.807) is 0 Å². The molecule has 132 valence electrons. The summed E-state index contributed by atoms with van der Waals surface area (Å²) in [5.74, 6) is -2.51. The second-order valence-electron chi connectivity index (χ2n) is 4.25. The van der Waals surface area contributed by atoms with E-state index < -0.39 is 11.9 Å². The summed E-state index contributed by atoms with van der Waals surface area (Å²) in [6.45, 7) is 20.2. The topological polar surface area (TPSA) is 81.1 Å². The van der Waals surface area contributed by atoms with E-state index in [9.17, 15) is 9.59 Å². The number of hydrogen-bond donors (Lipinski definition) is 2. The largest absolute Gasteiger partial charge is 0.478 e. The first-order valence-electron chi connectivity index (χ1n) is 7.91. The van der Waals surface area contributed by atoms with Crippen molar-refractivity contribution in [2.75, 3.05) is 39.3 Å². The maximum Gasteiger partial charge on any atom is 0.328 e. The summed E-state index contributed by atoms with van der Waals surface area (Å²) in [4.78, 5) is 23.9. The predicted molar refractivity (Wildman–Crippen MR) is 91.3 cm³/mol. The van der Waals surface area contributed by atoms with Crippen LogP contribution in [0.1, 0.15) is 41.5 Å². The Morgan fingerprint density at radius 1 is 0.636 bits per heavy atom.